The number of ether oxygens (including phenoxy) is 2. The third-order valence-corrected chi connectivity index (χ3v) is 4.73. The van der Waals surface area contributed by atoms with Crippen molar-refractivity contribution in [1.29, 1.82) is 0 Å². The van der Waals surface area contributed by atoms with Crippen molar-refractivity contribution in [1.82, 2.24) is 15.5 Å². The van der Waals surface area contributed by atoms with Crippen LogP contribution in [0.25, 0.3) is 0 Å². The van der Waals surface area contributed by atoms with E-state index < -0.39 is 6.10 Å². The summed E-state index contributed by atoms with van der Waals surface area (Å²) in [7, 11) is 1.61. The molecule has 2 N–H and O–H groups in total. The van der Waals surface area contributed by atoms with Crippen molar-refractivity contribution in [3.63, 3.8) is 0 Å². The molecule has 0 aromatic heterocycles. The number of nitrogens with zero attached hydrogens (tertiary/aromatic N) is 2. The van der Waals surface area contributed by atoms with Gasteiger partial charge in [-0.3, -0.25) is 9.69 Å². The second kappa shape index (κ2) is 8.46. The number of carbonyl (C=O) groups is 1. The Hall–Kier alpha value is -1.90. The zero-order valence-electron chi connectivity index (χ0n) is 14.4. The Bertz CT molecular complexity index is 622. The number of nitrogens with one attached hydrogen (secondary N) is 2. The molecule has 1 atom stereocenters. The SMILES string of the molecule is CNC(=O)[C@@H]1CN(C(=S)NCCN2CCOCC2)c2ccccc2O1. The number of amides is 1. The third-order valence-electron chi connectivity index (χ3n) is 4.37. The van der Waals surface area contributed by atoms with Gasteiger partial charge in [0.05, 0.1) is 25.4 Å². The number of hydrogen-bond donors (Lipinski definition) is 2. The summed E-state index contributed by atoms with van der Waals surface area (Å²) in [5.74, 6) is 0.510. The monoisotopic (exact) mass is 364 g/mol. The minimum atomic E-state index is -0.584. The molecule has 25 heavy (non-hydrogen) atoms. The number of thiocarbonyl (C=S) groups is 1. The standard InChI is InChI=1S/C17H24N4O3S/c1-18-16(22)15-12-21(13-4-2-3-5-14(13)24-15)17(25)19-6-7-20-8-10-23-11-9-20/h2-5,15H,6-12H2,1H3,(H,18,22)(H,19,25)/t15-/m0/s1. The number of carbonyl (C=O) groups excluding carboxylic acids is 1. The van der Waals surface area contributed by atoms with Crippen LogP contribution >= 0.6 is 12.2 Å². The largest absolute Gasteiger partial charge is 0.477 e. The molecule has 1 fully saturated rings. The first-order valence-electron chi connectivity index (χ1n) is 8.52. The average molecular weight is 364 g/mol. The van der Waals surface area contributed by atoms with E-state index in [9.17, 15) is 4.79 Å². The van der Waals surface area contributed by atoms with Gasteiger partial charge in [0, 0.05) is 33.2 Å². The van der Waals surface area contributed by atoms with Gasteiger partial charge in [-0.05, 0) is 24.4 Å². The summed E-state index contributed by atoms with van der Waals surface area (Å²) in [6.45, 7) is 5.53. The maximum absolute atomic E-state index is 12.0. The molecule has 1 saturated heterocycles. The molecular weight excluding hydrogens is 340 g/mol. The van der Waals surface area contributed by atoms with Crippen molar-refractivity contribution in [2.45, 2.75) is 6.10 Å². The van der Waals surface area contributed by atoms with Gasteiger partial charge in [0.1, 0.15) is 5.75 Å². The first-order valence-corrected chi connectivity index (χ1v) is 8.92. The highest BCUT2D eigenvalue weighted by Gasteiger charge is 2.31. The maximum atomic E-state index is 12.0. The fraction of sp³-hybridized carbons (Fsp3) is 0.529. The lowest BCUT2D eigenvalue weighted by atomic mass is 10.2. The minimum Gasteiger partial charge on any atom is -0.477 e. The fourth-order valence-electron chi connectivity index (χ4n) is 2.97. The molecular formula is C17H24N4O3S. The van der Waals surface area contributed by atoms with Crippen LogP contribution in [-0.2, 0) is 9.53 Å². The predicted octanol–water partition coefficient (Wildman–Crippen LogP) is 0.207. The predicted molar refractivity (Wildman–Crippen MR) is 100 cm³/mol. The number of likely N-dealkylation sites (N-methyl/N-ethyl adjacent to an activating group) is 1. The van der Waals surface area contributed by atoms with E-state index in [1.807, 2.05) is 29.2 Å². The summed E-state index contributed by atoms with van der Waals surface area (Å²) < 4.78 is 11.2. The maximum Gasteiger partial charge on any atom is 0.262 e. The summed E-state index contributed by atoms with van der Waals surface area (Å²) >= 11 is 5.58. The molecule has 1 aromatic rings. The number of benzene rings is 1. The van der Waals surface area contributed by atoms with Crippen LogP contribution in [0.1, 0.15) is 0 Å². The van der Waals surface area contributed by atoms with Gasteiger partial charge in [-0.25, -0.2) is 0 Å². The summed E-state index contributed by atoms with van der Waals surface area (Å²) in [6, 6.07) is 7.63. The van der Waals surface area contributed by atoms with Gasteiger partial charge in [0.25, 0.3) is 5.91 Å². The van der Waals surface area contributed by atoms with Gasteiger partial charge in [-0.1, -0.05) is 12.1 Å². The van der Waals surface area contributed by atoms with Crippen molar-refractivity contribution in [2.24, 2.45) is 0 Å². The summed E-state index contributed by atoms with van der Waals surface area (Å²) in [5.41, 5.74) is 0.881. The van der Waals surface area contributed by atoms with Crippen LogP contribution in [0.5, 0.6) is 5.75 Å². The van der Waals surface area contributed by atoms with Gasteiger partial charge in [0.15, 0.2) is 11.2 Å². The molecule has 136 valence electrons. The van der Waals surface area contributed by atoms with E-state index in [1.54, 1.807) is 7.05 Å². The number of hydrogen-bond acceptors (Lipinski definition) is 5. The second-order valence-corrected chi connectivity index (χ2v) is 6.37. The number of para-hydroxylation sites is 2. The number of anilines is 1. The normalized spacial score (nSPS) is 20.4. The number of fused-ring (bicyclic) bond motifs is 1. The Morgan fingerprint density at radius 1 is 1.32 bits per heavy atom. The second-order valence-electron chi connectivity index (χ2n) is 5.99. The molecule has 3 rings (SSSR count). The van der Waals surface area contributed by atoms with Crippen LogP contribution < -0.4 is 20.3 Å². The summed E-state index contributed by atoms with van der Waals surface area (Å²) in [5, 5.41) is 6.55. The van der Waals surface area contributed by atoms with Crippen LogP contribution in [0.4, 0.5) is 5.69 Å². The molecule has 0 saturated carbocycles. The lowest BCUT2D eigenvalue weighted by Crippen LogP contribution is -2.53. The molecule has 0 spiro atoms. The van der Waals surface area contributed by atoms with Crippen molar-refractivity contribution in [2.75, 3.05) is 57.9 Å². The summed E-state index contributed by atoms with van der Waals surface area (Å²) in [4.78, 5) is 16.3. The molecule has 2 aliphatic heterocycles. The Morgan fingerprint density at radius 3 is 2.84 bits per heavy atom. The van der Waals surface area contributed by atoms with Crippen LogP contribution in [0.15, 0.2) is 24.3 Å². The highest BCUT2D eigenvalue weighted by atomic mass is 32.1. The van der Waals surface area contributed by atoms with E-state index in [2.05, 4.69) is 15.5 Å². The Kier molecular flexibility index (Phi) is 6.06. The first kappa shape index (κ1) is 17.9. The fourth-order valence-corrected chi connectivity index (χ4v) is 3.24. The molecule has 0 bridgehead atoms. The van der Waals surface area contributed by atoms with Crippen molar-refractivity contribution in [3.05, 3.63) is 24.3 Å². The topological polar surface area (TPSA) is 66.1 Å². The minimum absolute atomic E-state index is 0.157. The van der Waals surface area contributed by atoms with Gasteiger partial charge >= 0.3 is 0 Å². The number of rotatable bonds is 4. The number of morpholine rings is 1. The van der Waals surface area contributed by atoms with Crippen molar-refractivity contribution < 1.29 is 14.3 Å². The molecule has 1 aromatic carbocycles. The quantitative estimate of drug-likeness (QED) is 0.740. The molecule has 0 aliphatic carbocycles. The van der Waals surface area contributed by atoms with Crippen LogP contribution in [-0.4, -0.2) is 75.0 Å². The lowest BCUT2D eigenvalue weighted by Gasteiger charge is -2.36. The Balaban J connectivity index is 1.62. The van der Waals surface area contributed by atoms with E-state index >= 15 is 0 Å². The van der Waals surface area contributed by atoms with Crippen LogP contribution in [0.2, 0.25) is 0 Å². The smallest absolute Gasteiger partial charge is 0.262 e. The van der Waals surface area contributed by atoms with Gasteiger partial charge in [0.2, 0.25) is 0 Å². The molecule has 0 unspecified atom stereocenters. The van der Waals surface area contributed by atoms with Crippen LogP contribution in [0.3, 0.4) is 0 Å². The third kappa shape index (κ3) is 4.39. The van der Waals surface area contributed by atoms with E-state index in [0.29, 0.717) is 17.4 Å². The lowest BCUT2D eigenvalue weighted by molar-refractivity contribution is -0.127. The molecule has 7 nitrogen and oxygen atoms in total. The first-order chi connectivity index (χ1) is 12.2. The zero-order chi connectivity index (χ0) is 17.6. The van der Waals surface area contributed by atoms with E-state index in [0.717, 1.165) is 45.1 Å². The molecule has 8 heteroatoms. The summed E-state index contributed by atoms with van der Waals surface area (Å²) in [6.07, 6.45) is -0.584. The molecule has 2 aliphatic rings. The van der Waals surface area contributed by atoms with Crippen LogP contribution in [0, 0.1) is 0 Å². The highest BCUT2D eigenvalue weighted by molar-refractivity contribution is 7.80. The van der Waals surface area contributed by atoms with Gasteiger partial charge < -0.3 is 25.0 Å². The van der Waals surface area contributed by atoms with Crippen molar-refractivity contribution in [3.8, 4) is 5.75 Å². The van der Waals surface area contributed by atoms with E-state index in [4.69, 9.17) is 21.7 Å². The molecule has 1 amide bonds. The van der Waals surface area contributed by atoms with Gasteiger partial charge in [-0.2, -0.15) is 0 Å². The Morgan fingerprint density at radius 2 is 2.08 bits per heavy atom. The molecule has 2 heterocycles. The van der Waals surface area contributed by atoms with E-state index in [-0.39, 0.29) is 5.91 Å². The zero-order valence-corrected chi connectivity index (χ0v) is 15.2. The highest BCUT2D eigenvalue weighted by Crippen LogP contribution is 2.33. The Labute approximate surface area is 153 Å². The molecule has 0 radical (unpaired) electrons. The average Bonchev–Trinajstić information content (AvgIpc) is 2.67. The van der Waals surface area contributed by atoms with E-state index in [1.165, 1.54) is 0 Å². The van der Waals surface area contributed by atoms with Crippen molar-refractivity contribution >= 4 is 28.9 Å². The van der Waals surface area contributed by atoms with Gasteiger partial charge in [-0.15, -0.1) is 0 Å².